The first-order chi connectivity index (χ1) is 15.3. The highest BCUT2D eigenvalue weighted by atomic mass is 16.4. The van der Waals surface area contributed by atoms with Gasteiger partial charge in [0.05, 0.1) is 12.0 Å². The maximum atomic E-state index is 12.8. The fraction of sp³-hybridized carbons (Fsp3) is 0.900. The van der Waals surface area contributed by atoms with E-state index in [0.717, 1.165) is 44.4 Å². The molecule has 5 aliphatic carbocycles. The topological polar surface area (TPSA) is 57.5 Å². The van der Waals surface area contributed by atoms with Crippen LogP contribution in [0.15, 0.2) is 11.6 Å². The van der Waals surface area contributed by atoms with Crippen molar-refractivity contribution in [2.24, 2.45) is 50.2 Å². The molecule has 4 fully saturated rings. The van der Waals surface area contributed by atoms with Crippen LogP contribution in [0, 0.1) is 50.2 Å². The van der Waals surface area contributed by atoms with Gasteiger partial charge in [-0.25, -0.2) is 0 Å². The first kappa shape index (κ1) is 23.9. The molecule has 0 aromatic heterocycles. The van der Waals surface area contributed by atoms with E-state index in [9.17, 15) is 15.0 Å². The lowest BCUT2D eigenvalue weighted by atomic mass is 9.33. The molecule has 0 amide bonds. The number of aliphatic hydroxyl groups excluding tert-OH is 1. The van der Waals surface area contributed by atoms with Gasteiger partial charge in [-0.15, -0.1) is 0 Å². The van der Waals surface area contributed by atoms with Gasteiger partial charge in [0.1, 0.15) is 0 Å². The van der Waals surface area contributed by atoms with Gasteiger partial charge >= 0.3 is 5.97 Å². The molecule has 7 atom stereocenters. The number of allylic oxidation sites excluding steroid dienone is 1. The molecule has 5 aliphatic rings. The predicted molar refractivity (Wildman–Crippen MR) is 133 cm³/mol. The molecule has 4 saturated carbocycles. The van der Waals surface area contributed by atoms with Crippen molar-refractivity contribution in [3.05, 3.63) is 11.6 Å². The van der Waals surface area contributed by atoms with Crippen molar-refractivity contribution in [3.8, 4) is 0 Å². The molecule has 3 heteroatoms. The molecule has 0 saturated heterocycles. The Bertz CT molecular complexity index is 870. The Balaban J connectivity index is 1.63. The summed E-state index contributed by atoms with van der Waals surface area (Å²) in [6.45, 7) is 14.9. The van der Waals surface area contributed by atoms with Crippen molar-refractivity contribution in [2.45, 2.75) is 112 Å². The van der Waals surface area contributed by atoms with E-state index in [0.29, 0.717) is 16.7 Å². The van der Waals surface area contributed by atoms with Gasteiger partial charge in [0.2, 0.25) is 0 Å². The highest BCUT2D eigenvalue weighted by molar-refractivity contribution is 5.76. The molecule has 0 aromatic rings. The Morgan fingerprint density at radius 1 is 0.939 bits per heavy atom. The van der Waals surface area contributed by atoms with E-state index in [1.54, 1.807) is 0 Å². The summed E-state index contributed by atoms with van der Waals surface area (Å²) in [7, 11) is 0. The Morgan fingerprint density at radius 3 is 2.30 bits per heavy atom. The van der Waals surface area contributed by atoms with Gasteiger partial charge in [0, 0.05) is 5.41 Å². The summed E-state index contributed by atoms with van der Waals surface area (Å²) in [5.41, 5.74) is 1.39. The van der Waals surface area contributed by atoms with Gasteiger partial charge in [0.15, 0.2) is 0 Å². The lowest BCUT2D eigenvalue weighted by Gasteiger charge is -2.71. The average Bonchev–Trinajstić information content (AvgIpc) is 2.72. The van der Waals surface area contributed by atoms with Gasteiger partial charge in [-0.1, -0.05) is 59.6 Å². The summed E-state index contributed by atoms with van der Waals surface area (Å²) >= 11 is 0. The molecule has 0 radical (unpaired) electrons. The SMILES string of the molecule is CC1(C)CC[C@]2(C(=O)O)CC[C@]3(CO)C(=CC[C@@H]4[C@@]5(C)CCCC(C)(C)C5CC[C@]43C)C2C1. The average molecular weight is 457 g/mol. The van der Waals surface area contributed by atoms with Crippen molar-refractivity contribution < 1.29 is 15.0 Å². The fourth-order valence-corrected chi connectivity index (χ4v) is 10.9. The van der Waals surface area contributed by atoms with E-state index in [1.807, 2.05) is 0 Å². The van der Waals surface area contributed by atoms with Crippen LogP contribution in [0.3, 0.4) is 0 Å². The van der Waals surface area contributed by atoms with Gasteiger partial charge in [0.25, 0.3) is 0 Å². The lowest BCUT2D eigenvalue weighted by molar-refractivity contribution is -0.198. The van der Waals surface area contributed by atoms with Crippen LogP contribution >= 0.6 is 0 Å². The van der Waals surface area contributed by atoms with Gasteiger partial charge in [-0.05, 0) is 104 Å². The van der Waals surface area contributed by atoms with E-state index in [4.69, 9.17) is 0 Å². The molecule has 0 heterocycles. The summed E-state index contributed by atoms with van der Waals surface area (Å²) in [5, 5.41) is 21.7. The van der Waals surface area contributed by atoms with Gasteiger partial charge < -0.3 is 10.2 Å². The van der Waals surface area contributed by atoms with Crippen LogP contribution in [-0.4, -0.2) is 22.8 Å². The Kier molecular flexibility index (Phi) is 5.15. The zero-order valence-corrected chi connectivity index (χ0v) is 22.1. The molecule has 0 spiro atoms. The number of hydrogen-bond donors (Lipinski definition) is 2. The lowest BCUT2D eigenvalue weighted by Crippen LogP contribution is -2.65. The molecule has 186 valence electrons. The van der Waals surface area contributed by atoms with Crippen LogP contribution in [0.2, 0.25) is 0 Å². The second-order valence-electron chi connectivity index (χ2n) is 14.9. The molecule has 0 bridgehead atoms. The molecule has 3 nitrogen and oxygen atoms in total. The fourth-order valence-electron chi connectivity index (χ4n) is 10.9. The number of hydrogen-bond acceptors (Lipinski definition) is 2. The van der Waals surface area contributed by atoms with Crippen LogP contribution in [-0.2, 0) is 4.79 Å². The number of aliphatic hydroxyl groups is 1. The summed E-state index contributed by atoms with van der Waals surface area (Å²) in [6, 6.07) is 0. The number of fused-ring (bicyclic) bond motifs is 7. The zero-order chi connectivity index (χ0) is 24.1. The summed E-state index contributed by atoms with van der Waals surface area (Å²) in [6.07, 6.45) is 14.2. The second-order valence-corrected chi connectivity index (χ2v) is 14.9. The first-order valence-electron chi connectivity index (χ1n) is 13.8. The van der Waals surface area contributed by atoms with Crippen LogP contribution in [0.1, 0.15) is 112 Å². The molecular formula is C30H48O3. The number of rotatable bonds is 2. The Morgan fingerprint density at radius 2 is 1.64 bits per heavy atom. The van der Waals surface area contributed by atoms with Crippen molar-refractivity contribution in [3.63, 3.8) is 0 Å². The maximum Gasteiger partial charge on any atom is 0.310 e. The van der Waals surface area contributed by atoms with E-state index < -0.39 is 11.4 Å². The van der Waals surface area contributed by atoms with Crippen LogP contribution in [0.25, 0.3) is 0 Å². The summed E-state index contributed by atoms with van der Waals surface area (Å²) in [4.78, 5) is 12.8. The first-order valence-corrected chi connectivity index (χ1v) is 13.8. The third-order valence-electron chi connectivity index (χ3n) is 12.8. The third-order valence-corrected chi connectivity index (χ3v) is 12.8. The minimum Gasteiger partial charge on any atom is -0.481 e. The zero-order valence-electron chi connectivity index (χ0n) is 22.1. The highest BCUT2D eigenvalue weighted by Crippen LogP contribution is 2.75. The quantitative estimate of drug-likeness (QED) is 0.431. The Labute approximate surface area is 201 Å². The van der Waals surface area contributed by atoms with E-state index in [1.165, 1.54) is 37.7 Å². The molecule has 0 aromatic carbocycles. The standard InChI is InChI=1S/C30H48O3/c1-25(2)14-15-29(24(32)33)16-17-30(19-31)20(21(29)18-25)8-9-23-27(5)12-7-11-26(3,4)22(27)10-13-28(23,30)6/h8,21-23,31H,7,9-19H2,1-6H3,(H,32,33)/t21?,22?,23-,27+,28-,29+,30+/m1/s1. The molecule has 2 unspecified atom stereocenters. The predicted octanol–water partition coefficient (Wildman–Crippen LogP) is 7.24. The smallest absolute Gasteiger partial charge is 0.310 e. The van der Waals surface area contributed by atoms with Crippen molar-refractivity contribution in [1.29, 1.82) is 0 Å². The minimum absolute atomic E-state index is 0.0523. The van der Waals surface area contributed by atoms with Crippen molar-refractivity contribution in [1.82, 2.24) is 0 Å². The summed E-state index contributed by atoms with van der Waals surface area (Å²) < 4.78 is 0. The monoisotopic (exact) mass is 456 g/mol. The number of aliphatic carboxylic acids is 1. The number of carboxylic acids is 1. The van der Waals surface area contributed by atoms with E-state index in [2.05, 4.69) is 47.6 Å². The minimum atomic E-state index is -0.628. The van der Waals surface area contributed by atoms with Crippen molar-refractivity contribution >= 4 is 5.97 Å². The largest absolute Gasteiger partial charge is 0.481 e. The highest BCUT2D eigenvalue weighted by Gasteiger charge is 2.69. The van der Waals surface area contributed by atoms with Crippen LogP contribution < -0.4 is 0 Å². The number of carboxylic acid groups (broad SMARTS) is 1. The normalized spacial score (nSPS) is 50.2. The number of carbonyl (C=O) groups is 1. The molecular weight excluding hydrogens is 408 g/mol. The van der Waals surface area contributed by atoms with E-state index in [-0.39, 0.29) is 28.8 Å². The molecule has 33 heavy (non-hydrogen) atoms. The van der Waals surface area contributed by atoms with E-state index >= 15 is 0 Å². The van der Waals surface area contributed by atoms with Gasteiger partial charge in [-0.2, -0.15) is 0 Å². The molecule has 5 rings (SSSR count). The summed E-state index contributed by atoms with van der Waals surface area (Å²) in [5.74, 6) is 0.809. The third kappa shape index (κ3) is 2.93. The Hall–Kier alpha value is -0.830. The molecule has 2 N–H and O–H groups in total. The van der Waals surface area contributed by atoms with Crippen LogP contribution in [0.4, 0.5) is 0 Å². The second kappa shape index (κ2) is 7.11. The van der Waals surface area contributed by atoms with Gasteiger partial charge in [-0.3, -0.25) is 4.79 Å². The van der Waals surface area contributed by atoms with Crippen LogP contribution in [0.5, 0.6) is 0 Å². The van der Waals surface area contributed by atoms with Crippen molar-refractivity contribution in [2.75, 3.05) is 6.61 Å². The molecule has 0 aliphatic heterocycles. The maximum absolute atomic E-state index is 12.8.